The number of hydrogen-bond donors (Lipinski definition) is 2. The van der Waals surface area contributed by atoms with Crippen LogP contribution in [0.25, 0.3) is 0 Å². The van der Waals surface area contributed by atoms with Crippen molar-refractivity contribution in [3.8, 4) is 0 Å². The summed E-state index contributed by atoms with van der Waals surface area (Å²) in [4.78, 5) is 68.8. The molecule has 4 rings (SSSR count). The largest absolute Gasteiger partial charge is 0.458 e. The number of esters is 1. The fourth-order valence-corrected chi connectivity index (χ4v) is 8.01. The molecule has 8 unspecified atom stereocenters. The average Bonchev–Trinajstić information content (AvgIpc) is 3.54. The first kappa shape index (κ1) is 33.8. The van der Waals surface area contributed by atoms with E-state index in [0.29, 0.717) is 32.2 Å². The Morgan fingerprint density at radius 1 is 1.20 bits per heavy atom. The summed E-state index contributed by atoms with van der Waals surface area (Å²) in [7, 11) is 0. The van der Waals surface area contributed by atoms with Crippen molar-refractivity contribution in [3.63, 3.8) is 0 Å². The Morgan fingerprint density at radius 3 is 2.55 bits per heavy atom. The fourth-order valence-electron chi connectivity index (χ4n) is 8.01. The van der Waals surface area contributed by atoms with Gasteiger partial charge < -0.3 is 14.7 Å². The molecule has 2 aliphatic heterocycles. The number of fused-ring (bicyclic) bond motifs is 1. The lowest BCUT2D eigenvalue weighted by atomic mass is 9.55. The summed E-state index contributed by atoms with van der Waals surface area (Å²) in [6, 6.07) is -0.653. The molecule has 0 aromatic rings. The Balaban J connectivity index is 1.61. The molecule has 0 spiro atoms. The highest BCUT2D eigenvalue weighted by Gasteiger charge is 2.56. The molecule has 2 N–H and O–H groups in total. The van der Waals surface area contributed by atoms with Crippen LogP contribution in [0.15, 0.2) is 36.0 Å². The van der Waals surface area contributed by atoms with Gasteiger partial charge in [-0.25, -0.2) is 4.79 Å². The van der Waals surface area contributed by atoms with Gasteiger partial charge in [-0.05, 0) is 64.7 Å². The maximum absolute atomic E-state index is 14.3. The molecule has 0 aromatic heterocycles. The van der Waals surface area contributed by atoms with Crippen molar-refractivity contribution in [1.82, 2.24) is 10.2 Å². The number of nitrogens with one attached hydrogen (secondary N) is 1. The molecule has 2 aliphatic carbocycles. The van der Waals surface area contributed by atoms with Gasteiger partial charge >= 0.3 is 5.97 Å². The van der Waals surface area contributed by atoms with Crippen LogP contribution in [-0.4, -0.2) is 63.3 Å². The number of allylic oxidation sites excluding steroid dienone is 2. The minimum atomic E-state index is -1.47. The second kappa shape index (κ2) is 13.1. The van der Waals surface area contributed by atoms with E-state index < -0.39 is 64.5 Å². The predicted molar refractivity (Wildman–Crippen MR) is 166 cm³/mol. The highest BCUT2D eigenvalue weighted by molar-refractivity contribution is 6.33. The fraction of sp³-hybridized carbons (Fsp3) is 0.686. The van der Waals surface area contributed by atoms with Gasteiger partial charge in [0, 0.05) is 35.8 Å². The summed E-state index contributed by atoms with van der Waals surface area (Å²) in [6.07, 6.45) is 10.3. The molecule has 2 heterocycles. The number of carbonyl (C=O) groups is 5. The first-order chi connectivity index (χ1) is 20.6. The van der Waals surface area contributed by atoms with E-state index in [1.54, 1.807) is 43.9 Å². The molecule has 0 aromatic carbocycles. The Hall–Kier alpha value is -3.07. The van der Waals surface area contributed by atoms with Crippen LogP contribution in [0, 0.1) is 35.5 Å². The second-order valence-corrected chi connectivity index (χ2v) is 14.4. The van der Waals surface area contributed by atoms with Gasteiger partial charge in [0.05, 0.1) is 11.2 Å². The molecule has 1 saturated carbocycles. The van der Waals surface area contributed by atoms with Gasteiger partial charge in [-0.2, -0.15) is 0 Å². The maximum Gasteiger partial charge on any atom is 0.329 e. The van der Waals surface area contributed by atoms with Crippen LogP contribution in [0.4, 0.5) is 0 Å². The third-order valence-corrected chi connectivity index (χ3v) is 9.92. The van der Waals surface area contributed by atoms with E-state index in [9.17, 15) is 29.1 Å². The standard InChI is InChI=1S/C35H50N2O7/c1-8-10-11-13-22(9-2)26-27(31(40)36-30(26)39)29(38)25-20(3)15-16-35(43)19-23(18-21(4)28(25)35)32(41)37-17-12-14-24(37)33(42)44-34(5,6)7/h9,15-16,20-25,28,43H,2,8,10-14,17-19H2,1,3-7H3,(H,36,39,40). The van der Waals surface area contributed by atoms with Crippen molar-refractivity contribution in [2.75, 3.05) is 6.54 Å². The molecular weight excluding hydrogens is 560 g/mol. The van der Waals surface area contributed by atoms with Crippen molar-refractivity contribution >= 4 is 29.5 Å². The lowest BCUT2D eigenvalue weighted by Gasteiger charge is -2.51. The third kappa shape index (κ3) is 6.63. The number of imide groups is 1. The molecule has 9 heteroatoms. The van der Waals surface area contributed by atoms with E-state index in [0.717, 1.165) is 19.3 Å². The zero-order chi connectivity index (χ0) is 32.6. The molecular formula is C35H50N2O7. The van der Waals surface area contributed by atoms with Crippen molar-refractivity contribution in [2.24, 2.45) is 35.5 Å². The van der Waals surface area contributed by atoms with Gasteiger partial charge in [-0.3, -0.25) is 24.5 Å². The molecule has 9 nitrogen and oxygen atoms in total. The average molecular weight is 611 g/mol. The van der Waals surface area contributed by atoms with Gasteiger partial charge in [0.15, 0.2) is 5.78 Å². The van der Waals surface area contributed by atoms with E-state index in [4.69, 9.17) is 4.74 Å². The molecule has 44 heavy (non-hydrogen) atoms. The first-order valence-corrected chi connectivity index (χ1v) is 16.3. The SMILES string of the molecule is C=CC(CCCCC)C1=C(C(=O)C2C(C)C=CC3(O)CC(C(=O)N4CCCC4C(=O)OC(C)(C)C)CC(C)C23)C(=O)NC1=O. The number of carbonyl (C=O) groups excluding carboxylic acids is 5. The number of likely N-dealkylation sites (tertiary alicyclic amines) is 1. The minimum absolute atomic E-state index is 0.106. The van der Waals surface area contributed by atoms with Crippen molar-refractivity contribution in [1.29, 1.82) is 0 Å². The summed E-state index contributed by atoms with van der Waals surface area (Å²) in [5, 5.41) is 14.5. The summed E-state index contributed by atoms with van der Waals surface area (Å²) in [5.74, 6) is -5.11. The van der Waals surface area contributed by atoms with Crippen molar-refractivity contribution < 1.29 is 33.8 Å². The van der Waals surface area contributed by atoms with Crippen LogP contribution >= 0.6 is 0 Å². The van der Waals surface area contributed by atoms with E-state index in [1.165, 1.54) is 0 Å². The highest BCUT2D eigenvalue weighted by atomic mass is 16.6. The number of ether oxygens (including phenoxy) is 1. The molecule has 3 amide bonds. The highest BCUT2D eigenvalue weighted by Crippen LogP contribution is 2.52. The molecule has 0 bridgehead atoms. The van der Waals surface area contributed by atoms with Gasteiger partial charge in [0.2, 0.25) is 5.91 Å². The number of rotatable bonds is 10. The van der Waals surface area contributed by atoms with Crippen LogP contribution in [0.1, 0.15) is 92.9 Å². The maximum atomic E-state index is 14.3. The van der Waals surface area contributed by atoms with Crippen LogP contribution in [-0.2, 0) is 28.7 Å². The van der Waals surface area contributed by atoms with Gasteiger partial charge in [0.1, 0.15) is 11.6 Å². The lowest BCUT2D eigenvalue weighted by Crippen LogP contribution is -2.57. The minimum Gasteiger partial charge on any atom is -0.458 e. The second-order valence-electron chi connectivity index (χ2n) is 14.4. The van der Waals surface area contributed by atoms with Crippen LogP contribution < -0.4 is 5.32 Å². The summed E-state index contributed by atoms with van der Waals surface area (Å²) in [5.41, 5.74) is -2.08. The number of nitrogens with zero attached hydrogens (tertiary/aromatic N) is 1. The normalized spacial score (nSPS) is 32.8. The molecule has 4 aliphatic rings. The molecule has 242 valence electrons. The van der Waals surface area contributed by atoms with E-state index >= 15 is 0 Å². The summed E-state index contributed by atoms with van der Waals surface area (Å²) in [6.45, 7) is 15.6. The Labute approximate surface area is 261 Å². The zero-order valence-corrected chi connectivity index (χ0v) is 27.2. The topological polar surface area (TPSA) is 130 Å². The lowest BCUT2D eigenvalue weighted by molar-refractivity contribution is -0.166. The van der Waals surface area contributed by atoms with Crippen LogP contribution in [0.5, 0.6) is 0 Å². The number of hydrogen-bond acceptors (Lipinski definition) is 7. The number of unbranched alkanes of at least 4 members (excludes halogenated alkanes) is 2. The monoisotopic (exact) mass is 610 g/mol. The Morgan fingerprint density at radius 2 is 1.91 bits per heavy atom. The molecule has 0 radical (unpaired) electrons. The van der Waals surface area contributed by atoms with E-state index in [-0.39, 0.29) is 35.3 Å². The van der Waals surface area contributed by atoms with Crippen molar-refractivity contribution in [3.05, 3.63) is 36.0 Å². The molecule has 2 fully saturated rings. The predicted octanol–water partition coefficient (Wildman–Crippen LogP) is 4.44. The Bertz CT molecular complexity index is 1260. The quantitative estimate of drug-likeness (QED) is 0.123. The Kier molecular flexibility index (Phi) is 10.1. The number of aliphatic hydroxyl groups is 1. The smallest absolute Gasteiger partial charge is 0.329 e. The van der Waals surface area contributed by atoms with Gasteiger partial charge in [-0.1, -0.05) is 58.3 Å². The van der Waals surface area contributed by atoms with Gasteiger partial charge in [0.25, 0.3) is 11.8 Å². The van der Waals surface area contributed by atoms with Crippen LogP contribution in [0.2, 0.25) is 0 Å². The van der Waals surface area contributed by atoms with E-state index in [2.05, 4.69) is 18.8 Å². The first-order valence-electron chi connectivity index (χ1n) is 16.3. The summed E-state index contributed by atoms with van der Waals surface area (Å²) < 4.78 is 5.60. The molecule has 8 atom stereocenters. The van der Waals surface area contributed by atoms with Crippen LogP contribution in [0.3, 0.4) is 0 Å². The van der Waals surface area contributed by atoms with Crippen molar-refractivity contribution in [2.45, 2.75) is 110 Å². The summed E-state index contributed by atoms with van der Waals surface area (Å²) >= 11 is 0. The third-order valence-electron chi connectivity index (χ3n) is 9.92. The number of ketones is 1. The number of Topliss-reactive ketones (excluding diaryl/α,β-unsaturated/α-hetero) is 1. The van der Waals surface area contributed by atoms with E-state index in [1.807, 2.05) is 13.8 Å². The van der Waals surface area contributed by atoms with Gasteiger partial charge in [-0.15, -0.1) is 6.58 Å². The number of amides is 3. The zero-order valence-electron chi connectivity index (χ0n) is 27.2. The molecule has 1 saturated heterocycles.